The molecule has 0 amide bonds. The Balaban J connectivity index is 4.47. The Hall–Kier alpha value is -3.41. The van der Waals surface area contributed by atoms with Crippen molar-refractivity contribution >= 4 is 17.9 Å². The van der Waals surface area contributed by atoms with Gasteiger partial charge in [0.2, 0.25) is 0 Å². The molecule has 0 N–H and O–H groups in total. The summed E-state index contributed by atoms with van der Waals surface area (Å²) in [6.45, 7) is 6.50. The molecule has 0 radical (unpaired) electrons. The van der Waals surface area contributed by atoms with Crippen LogP contribution in [-0.4, -0.2) is 37.2 Å². The highest BCUT2D eigenvalue weighted by Crippen LogP contribution is 2.13. The van der Waals surface area contributed by atoms with E-state index in [-0.39, 0.29) is 31.1 Å². The topological polar surface area (TPSA) is 78.9 Å². The summed E-state index contributed by atoms with van der Waals surface area (Å²) in [7, 11) is 0. The second-order valence-electron chi connectivity index (χ2n) is 17.4. The summed E-state index contributed by atoms with van der Waals surface area (Å²) in [6, 6.07) is 0. The Morgan fingerprint density at radius 3 is 0.984 bits per heavy atom. The van der Waals surface area contributed by atoms with Crippen LogP contribution in [0, 0.1) is 0 Å². The average molecular weight is 891 g/mol. The number of allylic oxidation sites excluding steroid dienone is 14. The van der Waals surface area contributed by atoms with Crippen molar-refractivity contribution in [3.8, 4) is 0 Å². The molecule has 6 nitrogen and oxygen atoms in total. The van der Waals surface area contributed by atoms with Crippen molar-refractivity contribution in [2.75, 3.05) is 13.2 Å². The van der Waals surface area contributed by atoms with Gasteiger partial charge in [0, 0.05) is 19.3 Å². The summed E-state index contributed by atoms with van der Waals surface area (Å²) < 4.78 is 16.8. The summed E-state index contributed by atoms with van der Waals surface area (Å²) in [5.74, 6) is -0.952. The van der Waals surface area contributed by atoms with Gasteiger partial charge in [0.15, 0.2) is 6.10 Å². The molecule has 0 saturated heterocycles. The van der Waals surface area contributed by atoms with Crippen LogP contribution in [0.1, 0.15) is 245 Å². The summed E-state index contributed by atoms with van der Waals surface area (Å²) in [6.07, 6.45) is 67.0. The zero-order chi connectivity index (χ0) is 46.5. The number of carbonyl (C=O) groups excluding carboxylic acids is 3. The smallest absolute Gasteiger partial charge is 0.306 e. The van der Waals surface area contributed by atoms with Gasteiger partial charge in [-0.3, -0.25) is 14.4 Å². The van der Waals surface area contributed by atoms with Gasteiger partial charge in [-0.25, -0.2) is 0 Å². The van der Waals surface area contributed by atoms with Gasteiger partial charge in [0.05, 0.1) is 0 Å². The van der Waals surface area contributed by atoms with Crippen LogP contribution in [0.4, 0.5) is 0 Å². The highest BCUT2D eigenvalue weighted by molar-refractivity contribution is 5.71. The minimum atomic E-state index is -0.800. The van der Waals surface area contributed by atoms with Gasteiger partial charge in [-0.15, -0.1) is 0 Å². The molecular formula is C58H98O6. The number of ether oxygens (including phenoxy) is 3. The molecule has 0 aromatic carbocycles. The lowest BCUT2D eigenvalue weighted by Gasteiger charge is -2.18. The number of carbonyl (C=O) groups is 3. The lowest BCUT2D eigenvalue weighted by Crippen LogP contribution is -2.30. The van der Waals surface area contributed by atoms with Crippen molar-refractivity contribution in [3.05, 3.63) is 85.1 Å². The third-order valence-corrected chi connectivity index (χ3v) is 11.1. The summed E-state index contributed by atoms with van der Waals surface area (Å²) in [4.78, 5) is 38.0. The number of hydrogen-bond donors (Lipinski definition) is 0. The van der Waals surface area contributed by atoms with Crippen LogP contribution in [0.5, 0.6) is 0 Å². The van der Waals surface area contributed by atoms with Crippen LogP contribution in [0.3, 0.4) is 0 Å². The molecule has 0 unspecified atom stereocenters. The van der Waals surface area contributed by atoms with Crippen molar-refractivity contribution in [1.29, 1.82) is 0 Å². The molecule has 0 fully saturated rings. The van der Waals surface area contributed by atoms with E-state index in [4.69, 9.17) is 14.2 Å². The lowest BCUT2D eigenvalue weighted by molar-refractivity contribution is -0.167. The fourth-order valence-corrected chi connectivity index (χ4v) is 7.02. The Labute approximate surface area is 395 Å². The molecule has 0 aromatic heterocycles. The molecule has 0 saturated carbocycles. The molecule has 0 aromatic rings. The van der Waals surface area contributed by atoms with Crippen molar-refractivity contribution < 1.29 is 28.6 Å². The van der Waals surface area contributed by atoms with E-state index >= 15 is 0 Å². The van der Waals surface area contributed by atoms with Crippen molar-refractivity contribution in [2.24, 2.45) is 0 Å². The molecular weight excluding hydrogens is 793 g/mol. The molecule has 0 aliphatic rings. The fourth-order valence-electron chi connectivity index (χ4n) is 7.02. The summed E-state index contributed by atoms with van der Waals surface area (Å²) >= 11 is 0. The molecule has 1 atom stereocenters. The minimum Gasteiger partial charge on any atom is -0.462 e. The summed E-state index contributed by atoms with van der Waals surface area (Å²) in [5.41, 5.74) is 0. The van der Waals surface area contributed by atoms with Crippen LogP contribution in [0.2, 0.25) is 0 Å². The Morgan fingerprint density at radius 1 is 0.312 bits per heavy atom. The lowest BCUT2D eigenvalue weighted by atomic mass is 10.1. The molecule has 0 aliphatic heterocycles. The van der Waals surface area contributed by atoms with Gasteiger partial charge in [-0.1, -0.05) is 196 Å². The van der Waals surface area contributed by atoms with E-state index in [1.54, 1.807) is 0 Å². The third kappa shape index (κ3) is 49.6. The average Bonchev–Trinajstić information content (AvgIpc) is 3.29. The number of hydrogen-bond acceptors (Lipinski definition) is 6. The normalized spacial score (nSPS) is 12.7. The predicted molar refractivity (Wildman–Crippen MR) is 274 cm³/mol. The van der Waals surface area contributed by atoms with Crippen molar-refractivity contribution in [1.82, 2.24) is 0 Å². The molecule has 0 rings (SSSR count). The van der Waals surface area contributed by atoms with E-state index in [1.807, 2.05) is 0 Å². The van der Waals surface area contributed by atoms with Crippen LogP contribution < -0.4 is 0 Å². The van der Waals surface area contributed by atoms with Gasteiger partial charge in [-0.2, -0.15) is 0 Å². The molecule has 6 heteroatoms. The van der Waals surface area contributed by atoms with Crippen LogP contribution >= 0.6 is 0 Å². The van der Waals surface area contributed by atoms with Crippen molar-refractivity contribution in [3.63, 3.8) is 0 Å². The standard InChI is InChI=1S/C58H98O6/c1-4-7-10-13-16-19-22-25-27-28-29-30-31-34-36-39-42-45-48-51-57(60)63-54-55(53-62-56(59)50-47-44-41-38-35-32-24-21-18-15-12-9-6-3)64-58(61)52-49-46-43-40-37-33-26-23-20-17-14-11-8-5-2/h14,16-17,19,21,23-27,29-30,34,36,55H,4-13,15,18,20,22,28,31-33,35,37-54H2,1-3H3/b17-14+,19-16+,24-21+,26-23+,27-25+,30-29+,36-34+/t55-/m1/s1. The SMILES string of the molecule is CCCC/C=C/C/C=C/CCCCCCCC(=O)O[C@@H](COC(=O)CCCCC/C=C/C/C=C/C/C=C/C/C=C/CCCCC)COC(=O)CCCCCCC/C=C/CCCCCC. The quantitative estimate of drug-likeness (QED) is 0.0262. The van der Waals surface area contributed by atoms with E-state index in [9.17, 15) is 14.4 Å². The zero-order valence-corrected chi connectivity index (χ0v) is 41.8. The zero-order valence-electron chi connectivity index (χ0n) is 41.8. The highest BCUT2D eigenvalue weighted by Gasteiger charge is 2.19. The first-order valence-corrected chi connectivity index (χ1v) is 26.6. The Morgan fingerprint density at radius 2 is 0.578 bits per heavy atom. The van der Waals surface area contributed by atoms with E-state index in [1.165, 1.54) is 89.9 Å². The van der Waals surface area contributed by atoms with Crippen LogP contribution in [-0.2, 0) is 28.6 Å². The van der Waals surface area contributed by atoms with E-state index in [0.717, 1.165) is 116 Å². The largest absolute Gasteiger partial charge is 0.462 e. The Kier molecular flexibility index (Phi) is 49.4. The van der Waals surface area contributed by atoms with Gasteiger partial charge in [0.1, 0.15) is 13.2 Å². The fraction of sp³-hybridized carbons (Fsp3) is 0.707. The first kappa shape index (κ1) is 60.6. The maximum Gasteiger partial charge on any atom is 0.306 e. The summed E-state index contributed by atoms with van der Waals surface area (Å²) in [5, 5.41) is 0. The molecule has 64 heavy (non-hydrogen) atoms. The first-order valence-electron chi connectivity index (χ1n) is 26.6. The first-order chi connectivity index (χ1) is 31.5. The predicted octanol–water partition coefficient (Wildman–Crippen LogP) is 17.6. The molecule has 0 bridgehead atoms. The van der Waals surface area contributed by atoms with E-state index in [2.05, 4.69) is 106 Å². The highest BCUT2D eigenvalue weighted by atomic mass is 16.6. The van der Waals surface area contributed by atoms with Gasteiger partial charge in [0.25, 0.3) is 0 Å². The van der Waals surface area contributed by atoms with Crippen LogP contribution in [0.25, 0.3) is 0 Å². The molecule has 0 aliphatic carbocycles. The van der Waals surface area contributed by atoms with Crippen molar-refractivity contribution in [2.45, 2.75) is 252 Å². The number of unbranched alkanes of at least 4 members (excludes halogenated alkanes) is 22. The second kappa shape index (κ2) is 52.2. The maximum atomic E-state index is 12.8. The molecule has 0 spiro atoms. The second-order valence-corrected chi connectivity index (χ2v) is 17.4. The molecule has 366 valence electrons. The minimum absolute atomic E-state index is 0.0975. The third-order valence-electron chi connectivity index (χ3n) is 11.1. The number of esters is 3. The van der Waals surface area contributed by atoms with Gasteiger partial charge >= 0.3 is 17.9 Å². The Bertz CT molecular complexity index is 1250. The van der Waals surface area contributed by atoms with Crippen LogP contribution in [0.15, 0.2) is 85.1 Å². The van der Waals surface area contributed by atoms with Gasteiger partial charge in [-0.05, 0) is 116 Å². The van der Waals surface area contributed by atoms with E-state index < -0.39 is 6.10 Å². The molecule has 0 heterocycles. The van der Waals surface area contributed by atoms with Gasteiger partial charge < -0.3 is 14.2 Å². The monoisotopic (exact) mass is 891 g/mol. The number of rotatable bonds is 47. The maximum absolute atomic E-state index is 12.8. The van der Waals surface area contributed by atoms with E-state index in [0.29, 0.717) is 19.3 Å².